The van der Waals surface area contributed by atoms with Crippen LogP contribution >= 0.6 is 0 Å². The summed E-state index contributed by atoms with van der Waals surface area (Å²) in [6, 6.07) is 14.1. The maximum Gasteiger partial charge on any atom is 0.177 e. The zero-order valence-corrected chi connectivity index (χ0v) is 10.4. The van der Waals surface area contributed by atoms with Gasteiger partial charge < -0.3 is 0 Å². The molecule has 1 aliphatic rings. The van der Waals surface area contributed by atoms with Crippen molar-refractivity contribution < 1.29 is 4.79 Å². The fourth-order valence-electron chi connectivity index (χ4n) is 2.70. The molecule has 2 aromatic rings. The number of carbonyl (C=O) groups excluding carboxylic acids is 1. The van der Waals surface area contributed by atoms with Crippen LogP contribution in [0.4, 0.5) is 0 Å². The van der Waals surface area contributed by atoms with Crippen LogP contribution in [-0.2, 0) is 0 Å². The van der Waals surface area contributed by atoms with Gasteiger partial charge in [0.1, 0.15) is 0 Å². The van der Waals surface area contributed by atoms with Crippen LogP contribution in [0.2, 0.25) is 0 Å². The van der Waals surface area contributed by atoms with Gasteiger partial charge >= 0.3 is 0 Å². The average Bonchev–Trinajstić information content (AvgIpc) is 2.91. The van der Waals surface area contributed by atoms with Gasteiger partial charge in [-0.3, -0.25) is 9.69 Å². The summed E-state index contributed by atoms with van der Waals surface area (Å²) in [7, 11) is 0. The van der Waals surface area contributed by atoms with E-state index in [1.54, 1.807) is 0 Å². The maximum absolute atomic E-state index is 12.4. The summed E-state index contributed by atoms with van der Waals surface area (Å²) in [5, 5.41) is 2.22. The number of ketones is 1. The van der Waals surface area contributed by atoms with E-state index < -0.39 is 0 Å². The van der Waals surface area contributed by atoms with Crippen molar-refractivity contribution in [2.24, 2.45) is 0 Å². The van der Waals surface area contributed by atoms with Crippen LogP contribution in [0.1, 0.15) is 23.2 Å². The second-order valence-corrected chi connectivity index (χ2v) is 4.93. The molecule has 2 aromatic carbocycles. The predicted octanol–water partition coefficient (Wildman–Crippen LogP) is 3.12. The highest BCUT2D eigenvalue weighted by atomic mass is 16.1. The summed E-state index contributed by atoms with van der Waals surface area (Å²) in [5.41, 5.74) is 0.861. The number of hydrogen-bond acceptors (Lipinski definition) is 2. The minimum atomic E-state index is 0.244. The Balaban J connectivity index is 1.91. The lowest BCUT2D eigenvalue weighted by molar-refractivity contribution is 0.0947. The number of Topliss-reactive ketones (excluding diaryl/α,β-unsaturated/α-hetero) is 1. The Morgan fingerprint density at radius 1 is 1.00 bits per heavy atom. The van der Waals surface area contributed by atoms with E-state index in [-0.39, 0.29) is 5.78 Å². The molecule has 3 rings (SSSR count). The maximum atomic E-state index is 12.4. The summed E-state index contributed by atoms with van der Waals surface area (Å²) < 4.78 is 0. The van der Waals surface area contributed by atoms with E-state index >= 15 is 0 Å². The van der Waals surface area contributed by atoms with Gasteiger partial charge in [-0.1, -0.05) is 42.5 Å². The SMILES string of the molecule is O=C(CN1CCCC1)c1cccc2ccccc12. The van der Waals surface area contributed by atoms with E-state index in [2.05, 4.69) is 17.0 Å². The Hall–Kier alpha value is -1.67. The van der Waals surface area contributed by atoms with Crippen LogP contribution in [0.5, 0.6) is 0 Å². The third kappa shape index (κ3) is 2.16. The molecule has 2 heteroatoms. The smallest absolute Gasteiger partial charge is 0.177 e. The van der Waals surface area contributed by atoms with Gasteiger partial charge in [-0.05, 0) is 36.7 Å². The molecule has 1 fully saturated rings. The van der Waals surface area contributed by atoms with Crippen molar-refractivity contribution in [3.63, 3.8) is 0 Å². The van der Waals surface area contributed by atoms with Gasteiger partial charge in [0, 0.05) is 5.56 Å². The fraction of sp³-hybridized carbons (Fsp3) is 0.312. The minimum absolute atomic E-state index is 0.244. The van der Waals surface area contributed by atoms with Crippen LogP contribution in [-0.4, -0.2) is 30.3 Å². The molecular weight excluding hydrogens is 222 g/mol. The quantitative estimate of drug-likeness (QED) is 0.767. The lowest BCUT2D eigenvalue weighted by Crippen LogP contribution is -2.26. The molecule has 0 bridgehead atoms. The molecule has 0 atom stereocenters. The summed E-state index contributed by atoms with van der Waals surface area (Å²) in [6.07, 6.45) is 2.45. The molecule has 18 heavy (non-hydrogen) atoms. The first-order valence-corrected chi connectivity index (χ1v) is 6.58. The van der Waals surface area contributed by atoms with Crippen LogP contribution in [0.3, 0.4) is 0 Å². The highest BCUT2D eigenvalue weighted by molar-refractivity contribution is 6.09. The van der Waals surface area contributed by atoms with Crippen molar-refractivity contribution in [1.29, 1.82) is 0 Å². The normalized spacial score (nSPS) is 16.2. The van der Waals surface area contributed by atoms with Crippen molar-refractivity contribution in [3.05, 3.63) is 48.0 Å². The number of fused-ring (bicyclic) bond motifs is 1. The van der Waals surface area contributed by atoms with E-state index in [4.69, 9.17) is 0 Å². The summed E-state index contributed by atoms with van der Waals surface area (Å²) in [5.74, 6) is 0.244. The van der Waals surface area contributed by atoms with Crippen molar-refractivity contribution in [2.45, 2.75) is 12.8 Å². The Bertz CT molecular complexity index is 565. The first-order valence-electron chi connectivity index (χ1n) is 6.58. The van der Waals surface area contributed by atoms with Gasteiger partial charge in [0.2, 0.25) is 0 Å². The first-order chi connectivity index (χ1) is 8.84. The van der Waals surface area contributed by atoms with Crippen LogP contribution in [0.25, 0.3) is 10.8 Å². The average molecular weight is 239 g/mol. The molecule has 0 spiro atoms. The second-order valence-electron chi connectivity index (χ2n) is 4.93. The van der Waals surface area contributed by atoms with Gasteiger partial charge in [0.15, 0.2) is 5.78 Å². The highest BCUT2D eigenvalue weighted by Crippen LogP contribution is 2.19. The van der Waals surface area contributed by atoms with Crippen molar-refractivity contribution in [2.75, 3.05) is 19.6 Å². The number of benzene rings is 2. The molecule has 0 saturated carbocycles. The zero-order valence-electron chi connectivity index (χ0n) is 10.4. The molecule has 0 aliphatic carbocycles. The minimum Gasteiger partial charge on any atom is -0.296 e. The third-order valence-electron chi connectivity index (χ3n) is 3.66. The van der Waals surface area contributed by atoms with E-state index in [0.717, 1.165) is 29.4 Å². The van der Waals surface area contributed by atoms with Crippen molar-refractivity contribution in [1.82, 2.24) is 4.90 Å². The van der Waals surface area contributed by atoms with Gasteiger partial charge in [-0.15, -0.1) is 0 Å². The second kappa shape index (κ2) is 4.91. The Morgan fingerprint density at radius 2 is 1.72 bits per heavy atom. The molecule has 1 heterocycles. The van der Waals surface area contributed by atoms with Crippen molar-refractivity contribution >= 4 is 16.6 Å². The lowest BCUT2D eigenvalue weighted by Gasteiger charge is -2.14. The standard InChI is InChI=1S/C16H17NO/c18-16(12-17-10-3-4-11-17)15-9-5-7-13-6-1-2-8-14(13)15/h1-2,5-9H,3-4,10-12H2. The van der Waals surface area contributed by atoms with Gasteiger partial charge in [-0.25, -0.2) is 0 Å². The van der Waals surface area contributed by atoms with Gasteiger partial charge in [-0.2, -0.15) is 0 Å². The zero-order chi connectivity index (χ0) is 12.4. The number of nitrogens with zero attached hydrogens (tertiary/aromatic N) is 1. The third-order valence-corrected chi connectivity index (χ3v) is 3.66. The molecule has 92 valence electrons. The highest BCUT2D eigenvalue weighted by Gasteiger charge is 2.17. The molecule has 1 aliphatic heterocycles. The topological polar surface area (TPSA) is 20.3 Å². The molecule has 0 amide bonds. The molecule has 0 aromatic heterocycles. The fourth-order valence-corrected chi connectivity index (χ4v) is 2.70. The summed E-state index contributed by atoms with van der Waals surface area (Å²) in [4.78, 5) is 14.6. The van der Waals surface area contributed by atoms with E-state index in [9.17, 15) is 4.79 Å². The van der Waals surface area contributed by atoms with E-state index in [1.807, 2.05) is 30.3 Å². The molecule has 0 unspecified atom stereocenters. The largest absolute Gasteiger partial charge is 0.296 e. The lowest BCUT2D eigenvalue weighted by atomic mass is 10.0. The molecule has 0 N–H and O–H groups in total. The first kappa shape index (κ1) is 11.4. The molecule has 0 radical (unpaired) electrons. The van der Waals surface area contributed by atoms with E-state index in [1.165, 1.54) is 12.8 Å². The van der Waals surface area contributed by atoms with Gasteiger partial charge in [0.25, 0.3) is 0 Å². The van der Waals surface area contributed by atoms with E-state index in [0.29, 0.717) is 6.54 Å². The Morgan fingerprint density at radius 3 is 2.56 bits per heavy atom. The number of likely N-dealkylation sites (tertiary alicyclic amines) is 1. The molecule has 2 nitrogen and oxygen atoms in total. The molecule has 1 saturated heterocycles. The summed E-state index contributed by atoms with van der Waals surface area (Å²) >= 11 is 0. The monoisotopic (exact) mass is 239 g/mol. The van der Waals surface area contributed by atoms with Gasteiger partial charge in [0.05, 0.1) is 6.54 Å². The number of carbonyl (C=O) groups is 1. The van der Waals surface area contributed by atoms with Crippen LogP contribution in [0, 0.1) is 0 Å². The van der Waals surface area contributed by atoms with Crippen molar-refractivity contribution in [3.8, 4) is 0 Å². The molecular formula is C16H17NO. The predicted molar refractivity (Wildman–Crippen MR) is 74.0 cm³/mol. The van der Waals surface area contributed by atoms with Crippen LogP contribution in [0.15, 0.2) is 42.5 Å². The van der Waals surface area contributed by atoms with Crippen LogP contribution < -0.4 is 0 Å². The number of hydrogen-bond donors (Lipinski definition) is 0. The summed E-state index contributed by atoms with van der Waals surface area (Å²) in [6.45, 7) is 2.70. The Labute approximate surface area is 107 Å². The Kier molecular flexibility index (Phi) is 3.11. The number of rotatable bonds is 3.